The van der Waals surface area contributed by atoms with E-state index in [1.165, 1.54) is 44.2 Å². The second kappa shape index (κ2) is 13.6. The van der Waals surface area contributed by atoms with Crippen LogP contribution >= 0.6 is 0 Å². The Balaban J connectivity index is 1.12. The second-order valence-electron chi connectivity index (χ2n) is 14.6. The minimum atomic E-state index is 0.886. The smallest absolute Gasteiger partial charge is 0.135 e. The average molecular weight is 729 g/mol. The van der Waals surface area contributed by atoms with Gasteiger partial charge in [0.2, 0.25) is 0 Å². The third-order valence-electron chi connectivity index (χ3n) is 11.2. The SMILES string of the molecule is c1ccc(-c2ccc(N(c3ccc(-c4ccccc4)cc3)c3ccc4c5cc(-c6ccccc6)ccc5n(-c5ccc6oc7ccccc7c6c5)c4c3)cc2)cc1. The van der Waals surface area contributed by atoms with E-state index in [-0.39, 0.29) is 0 Å². The number of anilines is 3. The van der Waals surface area contributed by atoms with Gasteiger partial charge in [0.25, 0.3) is 0 Å². The summed E-state index contributed by atoms with van der Waals surface area (Å²) in [5.41, 5.74) is 15.6. The minimum absolute atomic E-state index is 0.886. The number of rotatable bonds is 7. The molecule has 2 heterocycles. The molecule has 0 fully saturated rings. The summed E-state index contributed by atoms with van der Waals surface area (Å²) >= 11 is 0. The van der Waals surface area contributed by atoms with E-state index in [2.05, 4.69) is 216 Å². The second-order valence-corrected chi connectivity index (χ2v) is 14.6. The van der Waals surface area contributed by atoms with Gasteiger partial charge in [-0.1, -0.05) is 146 Å². The van der Waals surface area contributed by atoms with E-state index in [0.29, 0.717) is 0 Å². The quantitative estimate of drug-likeness (QED) is 0.163. The van der Waals surface area contributed by atoms with Gasteiger partial charge in [0.1, 0.15) is 11.2 Å². The molecular formula is C54H36N2O. The molecule has 0 radical (unpaired) electrons. The summed E-state index contributed by atoms with van der Waals surface area (Å²) in [6, 6.07) is 78.3. The first kappa shape index (κ1) is 32.8. The summed E-state index contributed by atoms with van der Waals surface area (Å²) in [6.45, 7) is 0. The zero-order valence-corrected chi connectivity index (χ0v) is 31.1. The van der Waals surface area contributed by atoms with Crippen molar-refractivity contribution in [3.8, 4) is 39.1 Å². The van der Waals surface area contributed by atoms with E-state index in [9.17, 15) is 0 Å². The summed E-state index contributed by atoms with van der Waals surface area (Å²) < 4.78 is 8.69. The molecule has 0 aliphatic rings. The van der Waals surface area contributed by atoms with Gasteiger partial charge in [-0.2, -0.15) is 0 Å². The topological polar surface area (TPSA) is 21.3 Å². The molecule has 9 aromatic carbocycles. The lowest BCUT2D eigenvalue weighted by Crippen LogP contribution is -2.10. The van der Waals surface area contributed by atoms with Crippen molar-refractivity contribution in [2.75, 3.05) is 4.90 Å². The fourth-order valence-corrected chi connectivity index (χ4v) is 8.40. The van der Waals surface area contributed by atoms with Crippen LogP contribution in [0.15, 0.2) is 223 Å². The number of aromatic nitrogens is 1. The van der Waals surface area contributed by atoms with Crippen molar-refractivity contribution in [3.63, 3.8) is 0 Å². The first-order valence-electron chi connectivity index (χ1n) is 19.4. The maximum absolute atomic E-state index is 6.27. The molecule has 11 rings (SSSR count). The number of furan rings is 1. The van der Waals surface area contributed by atoms with Crippen LogP contribution in [0.4, 0.5) is 17.1 Å². The predicted molar refractivity (Wildman–Crippen MR) is 239 cm³/mol. The molecule has 3 heteroatoms. The monoisotopic (exact) mass is 728 g/mol. The van der Waals surface area contributed by atoms with Crippen LogP contribution < -0.4 is 4.90 Å². The van der Waals surface area contributed by atoms with E-state index in [1.54, 1.807) is 0 Å². The maximum Gasteiger partial charge on any atom is 0.135 e. The van der Waals surface area contributed by atoms with Crippen molar-refractivity contribution >= 4 is 60.8 Å². The average Bonchev–Trinajstić information content (AvgIpc) is 3.82. The van der Waals surface area contributed by atoms with Gasteiger partial charge in [0.15, 0.2) is 0 Å². The van der Waals surface area contributed by atoms with E-state index in [0.717, 1.165) is 55.7 Å². The third-order valence-corrected chi connectivity index (χ3v) is 11.2. The van der Waals surface area contributed by atoms with Crippen LogP contribution in [0.5, 0.6) is 0 Å². The van der Waals surface area contributed by atoms with Crippen molar-refractivity contribution in [3.05, 3.63) is 218 Å². The lowest BCUT2D eigenvalue weighted by atomic mass is 10.0. The highest BCUT2D eigenvalue weighted by atomic mass is 16.3. The van der Waals surface area contributed by atoms with E-state index >= 15 is 0 Å². The number of fused-ring (bicyclic) bond motifs is 6. The fourth-order valence-electron chi connectivity index (χ4n) is 8.40. The largest absolute Gasteiger partial charge is 0.456 e. The van der Waals surface area contributed by atoms with Crippen molar-refractivity contribution < 1.29 is 4.42 Å². The van der Waals surface area contributed by atoms with Crippen LogP contribution in [0.1, 0.15) is 0 Å². The van der Waals surface area contributed by atoms with Crippen LogP contribution in [0.2, 0.25) is 0 Å². The van der Waals surface area contributed by atoms with Gasteiger partial charge in [-0.05, 0) is 106 Å². The highest BCUT2D eigenvalue weighted by Crippen LogP contribution is 2.42. The van der Waals surface area contributed by atoms with Gasteiger partial charge in [-0.15, -0.1) is 0 Å². The van der Waals surface area contributed by atoms with Crippen LogP contribution in [0.3, 0.4) is 0 Å². The predicted octanol–water partition coefficient (Wildman–Crippen LogP) is 15.2. The summed E-state index contributed by atoms with van der Waals surface area (Å²) in [4.78, 5) is 2.37. The lowest BCUT2D eigenvalue weighted by molar-refractivity contribution is 0.669. The van der Waals surface area contributed by atoms with Crippen LogP contribution in [-0.4, -0.2) is 4.57 Å². The van der Waals surface area contributed by atoms with Crippen LogP contribution in [0.25, 0.3) is 82.8 Å². The molecule has 0 spiro atoms. The zero-order valence-electron chi connectivity index (χ0n) is 31.1. The Morgan fingerprint density at radius 1 is 0.298 bits per heavy atom. The van der Waals surface area contributed by atoms with E-state index in [4.69, 9.17) is 4.42 Å². The molecule has 3 nitrogen and oxygen atoms in total. The number of nitrogens with zero attached hydrogens (tertiary/aromatic N) is 2. The Labute approximate surface area is 330 Å². The number of para-hydroxylation sites is 1. The number of benzene rings is 9. The van der Waals surface area contributed by atoms with Gasteiger partial charge in [0, 0.05) is 44.3 Å². The Bertz CT molecular complexity index is 3120. The molecule has 11 aromatic rings. The number of hydrogen-bond donors (Lipinski definition) is 0. The van der Waals surface area contributed by atoms with Gasteiger partial charge >= 0.3 is 0 Å². The summed E-state index contributed by atoms with van der Waals surface area (Å²) in [6.07, 6.45) is 0. The molecule has 268 valence electrons. The molecular weight excluding hydrogens is 693 g/mol. The molecule has 0 saturated carbocycles. The van der Waals surface area contributed by atoms with Gasteiger partial charge < -0.3 is 13.9 Å². The van der Waals surface area contributed by atoms with Gasteiger partial charge in [-0.25, -0.2) is 0 Å². The molecule has 0 aliphatic carbocycles. The summed E-state index contributed by atoms with van der Waals surface area (Å²) in [5, 5.41) is 4.63. The van der Waals surface area contributed by atoms with Crippen molar-refractivity contribution in [1.29, 1.82) is 0 Å². The summed E-state index contributed by atoms with van der Waals surface area (Å²) in [7, 11) is 0. The molecule has 0 N–H and O–H groups in total. The Hall–Kier alpha value is -7.62. The fraction of sp³-hybridized carbons (Fsp3) is 0. The molecule has 0 saturated heterocycles. The molecule has 0 aliphatic heterocycles. The zero-order chi connectivity index (χ0) is 37.7. The Kier molecular flexibility index (Phi) is 7.82. The maximum atomic E-state index is 6.27. The van der Waals surface area contributed by atoms with E-state index < -0.39 is 0 Å². The highest BCUT2D eigenvalue weighted by Gasteiger charge is 2.19. The van der Waals surface area contributed by atoms with Gasteiger partial charge in [0.05, 0.1) is 11.0 Å². The Morgan fingerprint density at radius 3 is 1.44 bits per heavy atom. The highest BCUT2D eigenvalue weighted by molar-refractivity contribution is 6.12. The standard InChI is InChI=1S/C54H36N2O/c1-4-12-37(13-5-1)40-20-25-43(26-21-40)55(44-27-22-41(23-28-44)38-14-6-2-7-15-38)46-29-31-47-49-34-42(39-16-8-3-9-17-39)24-32-51(49)56(52(47)36-46)45-30-33-54-50(35-45)48-18-10-11-19-53(48)57-54/h1-36H. The first-order valence-corrected chi connectivity index (χ1v) is 19.4. The third kappa shape index (κ3) is 5.76. The Morgan fingerprint density at radius 2 is 0.807 bits per heavy atom. The molecule has 0 bridgehead atoms. The van der Waals surface area contributed by atoms with Crippen molar-refractivity contribution in [1.82, 2.24) is 4.57 Å². The molecule has 2 aromatic heterocycles. The van der Waals surface area contributed by atoms with Gasteiger partial charge in [-0.3, -0.25) is 0 Å². The summed E-state index contributed by atoms with van der Waals surface area (Å²) in [5.74, 6) is 0. The molecule has 0 unspecified atom stereocenters. The normalized spacial score (nSPS) is 11.5. The molecule has 0 atom stereocenters. The molecule has 0 amide bonds. The first-order chi connectivity index (χ1) is 28.2. The van der Waals surface area contributed by atoms with Crippen LogP contribution in [0, 0.1) is 0 Å². The lowest BCUT2D eigenvalue weighted by Gasteiger charge is -2.26. The molecule has 57 heavy (non-hydrogen) atoms. The van der Waals surface area contributed by atoms with E-state index in [1.807, 2.05) is 12.1 Å². The minimum Gasteiger partial charge on any atom is -0.456 e. The number of hydrogen-bond acceptors (Lipinski definition) is 2. The van der Waals surface area contributed by atoms with Crippen molar-refractivity contribution in [2.24, 2.45) is 0 Å². The van der Waals surface area contributed by atoms with Crippen LogP contribution in [-0.2, 0) is 0 Å². The van der Waals surface area contributed by atoms with Crippen molar-refractivity contribution in [2.45, 2.75) is 0 Å².